The van der Waals surface area contributed by atoms with Gasteiger partial charge in [-0.1, -0.05) is 30.7 Å². The molecule has 1 fully saturated rings. The number of aliphatic hydroxyl groups is 2. The van der Waals surface area contributed by atoms with Crippen molar-refractivity contribution in [1.29, 1.82) is 0 Å². The van der Waals surface area contributed by atoms with Gasteiger partial charge < -0.3 is 30.0 Å². The van der Waals surface area contributed by atoms with Gasteiger partial charge in [0.25, 0.3) is 11.8 Å². The summed E-state index contributed by atoms with van der Waals surface area (Å²) in [4.78, 5) is 38.7. The molecule has 0 unspecified atom stereocenters. The van der Waals surface area contributed by atoms with Crippen LogP contribution in [-0.4, -0.2) is 54.0 Å². The standard InChI is InChI=1S/C26H33ClN2O6Si/c1-15-23(36(3,4)34)22(11-12-30)35-26(15)20-13-18(27)7-10-21(20)29(25(26)33)14-17-5-8-19(9-6-17)28-24(32)16(2)31/h5-10,13,15-16,22-23,30-31,34H,11-12,14H2,1-4H3,(H,28,32)/t15-,16-,22+,23-,26+/m0/s1. The van der Waals surface area contributed by atoms with Gasteiger partial charge in [-0.05, 0) is 62.3 Å². The Kier molecular flexibility index (Phi) is 7.35. The Morgan fingerprint density at radius 3 is 2.50 bits per heavy atom. The summed E-state index contributed by atoms with van der Waals surface area (Å²) in [6.07, 6.45) is -1.24. The van der Waals surface area contributed by atoms with Crippen molar-refractivity contribution >= 4 is 43.1 Å². The Labute approximate surface area is 217 Å². The van der Waals surface area contributed by atoms with Gasteiger partial charge in [0.15, 0.2) is 13.9 Å². The van der Waals surface area contributed by atoms with Crippen LogP contribution >= 0.6 is 11.6 Å². The number of carbonyl (C=O) groups is 2. The largest absolute Gasteiger partial charge is 0.432 e. The molecule has 2 aliphatic heterocycles. The van der Waals surface area contributed by atoms with Crippen molar-refractivity contribution in [1.82, 2.24) is 0 Å². The molecule has 1 saturated heterocycles. The molecule has 0 aromatic heterocycles. The molecular formula is C26H33ClN2O6Si. The van der Waals surface area contributed by atoms with E-state index in [9.17, 15) is 24.6 Å². The highest BCUT2D eigenvalue weighted by molar-refractivity contribution is 6.71. The number of rotatable bonds is 7. The van der Waals surface area contributed by atoms with E-state index in [0.29, 0.717) is 28.4 Å². The molecule has 10 heteroatoms. The highest BCUT2D eigenvalue weighted by atomic mass is 35.5. The van der Waals surface area contributed by atoms with Crippen molar-refractivity contribution in [3.8, 4) is 0 Å². The fraction of sp³-hybridized carbons (Fsp3) is 0.462. The molecule has 2 aliphatic rings. The number of benzene rings is 2. The number of hydrogen-bond donors (Lipinski definition) is 4. The molecule has 0 aliphatic carbocycles. The number of carbonyl (C=O) groups excluding carboxylic acids is 2. The molecule has 0 saturated carbocycles. The lowest BCUT2D eigenvalue weighted by Gasteiger charge is -2.32. The zero-order valence-corrected chi connectivity index (χ0v) is 22.6. The first-order valence-electron chi connectivity index (χ1n) is 12.1. The summed E-state index contributed by atoms with van der Waals surface area (Å²) < 4.78 is 6.54. The van der Waals surface area contributed by atoms with E-state index >= 15 is 0 Å². The zero-order valence-electron chi connectivity index (χ0n) is 20.9. The first-order valence-corrected chi connectivity index (χ1v) is 15.5. The summed E-state index contributed by atoms with van der Waals surface area (Å²) in [6, 6.07) is 12.4. The van der Waals surface area contributed by atoms with Crippen LogP contribution in [0.2, 0.25) is 23.7 Å². The Morgan fingerprint density at radius 2 is 1.92 bits per heavy atom. The van der Waals surface area contributed by atoms with Crippen molar-refractivity contribution in [3.63, 3.8) is 0 Å². The van der Waals surface area contributed by atoms with Crippen molar-refractivity contribution in [3.05, 3.63) is 58.6 Å². The topological polar surface area (TPSA) is 119 Å². The SMILES string of the molecule is C[C@H](O)C(=O)Nc1ccc(CN2C(=O)[C@]3(O[C@H](CCO)[C@@H]([Si](C)(C)O)[C@@H]3C)c3cc(Cl)ccc32)cc1. The highest BCUT2D eigenvalue weighted by Crippen LogP contribution is 2.60. The van der Waals surface area contributed by atoms with Crippen LogP contribution < -0.4 is 10.2 Å². The minimum atomic E-state index is -2.76. The summed E-state index contributed by atoms with van der Waals surface area (Å²) >= 11 is 6.37. The summed E-state index contributed by atoms with van der Waals surface area (Å²) in [7, 11) is -2.76. The molecule has 2 aromatic rings. The molecule has 194 valence electrons. The van der Waals surface area contributed by atoms with E-state index in [4.69, 9.17) is 16.3 Å². The number of hydrogen-bond acceptors (Lipinski definition) is 6. The maximum absolute atomic E-state index is 14.2. The smallest absolute Gasteiger partial charge is 0.264 e. The maximum atomic E-state index is 14.2. The molecule has 5 atom stereocenters. The molecule has 4 rings (SSSR count). The number of aliphatic hydroxyl groups excluding tert-OH is 2. The zero-order chi connectivity index (χ0) is 26.4. The predicted octanol–water partition coefficient (Wildman–Crippen LogP) is 3.39. The van der Waals surface area contributed by atoms with Crippen molar-refractivity contribution in [2.75, 3.05) is 16.8 Å². The number of ether oxygens (including phenoxy) is 1. The van der Waals surface area contributed by atoms with Crippen LogP contribution in [-0.2, 0) is 26.5 Å². The van der Waals surface area contributed by atoms with Crippen molar-refractivity contribution in [2.24, 2.45) is 5.92 Å². The summed E-state index contributed by atoms with van der Waals surface area (Å²) in [5.74, 6) is -1.05. The number of nitrogens with zero attached hydrogens (tertiary/aromatic N) is 1. The lowest BCUT2D eigenvalue weighted by molar-refractivity contribution is -0.146. The van der Waals surface area contributed by atoms with Crippen LogP contribution in [0.1, 0.15) is 31.4 Å². The van der Waals surface area contributed by atoms with E-state index in [1.165, 1.54) is 6.92 Å². The van der Waals surface area contributed by atoms with Gasteiger partial charge in [-0.15, -0.1) is 0 Å². The molecule has 1 spiro atoms. The van der Waals surface area contributed by atoms with E-state index in [-0.39, 0.29) is 30.5 Å². The molecule has 2 aromatic carbocycles. The first-order chi connectivity index (χ1) is 16.9. The second kappa shape index (κ2) is 9.89. The normalized spacial score (nSPS) is 26.4. The lowest BCUT2D eigenvalue weighted by Crippen LogP contribution is -2.46. The van der Waals surface area contributed by atoms with E-state index in [2.05, 4.69) is 5.32 Å². The maximum Gasteiger partial charge on any atom is 0.264 e. The molecule has 0 radical (unpaired) electrons. The fourth-order valence-corrected chi connectivity index (χ4v) is 8.50. The van der Waals surface area contributed by atoms with Gasteiger partial charge in [-0.25, -0.2) is 0 Å². The number of fused-ring (bicyclic) bond motifs is 2. The van der Waals surface area contributed by atoms with Gasteiger partial charge in [-0.2, -0.15) is 0 Å². The van der Waals surface area contributed by atoms with E-state index < -0.39 is 32.0 Å². The summed E-state index contributed by atoms with van der Waals surface area (Å²) in [5, 5.41) is 22.2. The van der Waals surface area contributed by atoms with Crippen LogP contribution in [0.5, 0.6) is 0 Å². The second-order valence-corrected chi connectivity index (χ2v) is 14.7. The number of nitrogens with one attached hydrogen (secondary N) is 1. The number of anilines is 2. The van der Waals surface area contributed by atoms with Crippen LogP contribution in [0.25, 0.3) is 0 Å². The number of amides is 2. The minimum absolute atomic E-state index is 0.104. The molecular weight excluding hydrogens is 500 g/mol. The molecule has 36 heavy (non-hydrogen) atoms. The van der Waals surface area contributed by atoms with E-state index in [1.807, 2.05) is 38.2 Å². The van der Waals surface area contributed by atoms with Crippen molar-refractivity contribution in [2.45, 2.75) is 63.3 Å². The lowest BCUT2D eigenvalue weighted by atomic mass is 9.82. The van der Waals surface area contributed by atoms with E-state index in [1.54, 1.807) is 29.2 Å². The van der Waals surface area contributed by atoms with E-state index in [0.717, 1.165) is 5.56 Å². The van der Waals surface area contributed by atoms with Crippen LogP contribution in [0, 0.1) is 5.92 Å². The quantitative estimate of drug-likeness (QED) is 0.406. The third-order valence-corrected chi connectivity index (χ3v) is 10.0. The first kappa shape index (κ1) is 26.8. The fourth-order valence-electron chi connectivity index (χ4n) is 5.73. The third kappa shape index (κ3) is 4.60. The van der Waals surface area contributed by atoms with Crippen LogP contribution in [0.4, 0.5) is 11.4 Å². The number of halogens is 1. The monoisotopic (exact) mass is 532 g/mol. The molecule has 4 N–H and O–H groups in total. The average molecular weight is 533 g/mol. The second-order valence-electron chi connectivity index (χ2n) is 10.3. The van der Waals surface area contributed by atoms with Crippen LogP contribution in [0.3, 0.4) is 0 Å². The van der Waals surface area contributed by atoms with Crippen LogP contribution in [0.15, 0.2) is 42.5 Å². The predicted molar refractivity (Wildman–Crippen MR) is 140 cm³/mol. The minimum Gasteiger partial charge on any atom is -0.432 e. The third-order valence-electron chi connectivity index (χ3n) is 7.30. The van der Waals surface area contributed by atoms with Gasteiger partial charge in [0, 0.05) is 34.3 Å². The Hall–Kier alpha value is -2.27. The average Bonchev–Trinajstić information content (AvgIpc) is 3.22. The molecule has 0 bridgehead atoms. The Bertz CT molecular complexity index is 1150. The Morgan fingerprint density at radius 1 is 1.25 bits per heavy atom. The summed E-state index contributed by atoms with van der Waals surface area (Å²) in [6.45, 7) is 7.19. The van der Waals surface area contributed by atoms with Gasteiger partial charge in [0.05, 0.1) is 18.3 Å². The molecule has 8 nitrogen and oxygen atoms in total. The molecule has 2 heterocycles. The van der Waals surface area contributed by atoms with Gasteiger partial charge in [0.2, 0.25) is 0 Å². The highest BCUT2D eigenvalue weighted by Gasteiger charge is 2.66. The van der Waals surface area contributed by atoms with Gasteiger partial charge >= 0.3 is 0 Å². The Balaban J connectivity index is 1.69. The van der Waals surface area contributed by atoms with Crippen molar-refractivity contribution < 1.29 is 29.3 Å². The van der Waals surface area contributed by atoms with Gasteiger partial charge in [0.1, 0.15) is 6.10 Å². The van der Waals surface area contributed by atoms with Gasteiger partial charge in [-0.3, -0.25) is 9.59 Å². The molecule has 2 amide bonds. The summed E-state index contributed by atoms with van der Waals surface area (Å²) in [5.41, 5.74) is 1.20.